The van der Waals surface area contributed by atoms with Crippen LogP contribution in [0.2, 0.25) is 5.02 Å². The number of anilines is 1. The second-order valence-electron chi connectivity index (χ2n) is 7.16. The average molecular weight is 430 g/mol. The number of carbonyl (C=O) groups is 1. The summed E-state index contributed by atoms with van der Waals surface area (Å²) in [7, 11) is 0. The van der Waals surface area contributed by atoms with Gasteiger partial charge in [-0.3, -0.25) is 9.59 Å². The zero-order chi connectivity index (χ0) is 22.0. The number of aromatic nitrogens is 2. The highest BCUT2D eigenvalue weighted by Gasteiger charge is 2.21. The molecule has 4 rings (SSSR count). The van der Waals surface area contributed by atoms with E-state index in [0.717, 1.165) is 5.56 Å². The van der Waals surface area contributed by atoms with E-state index in [2.05, 4.69) is 10.4 Å². The van der Waals surface area contributed by atoms with Gasteiger partial charge in [0.15, 0.2) is 0 Å². The van der Waals surface area contributed by atoms with Gasteiger partial charge in [-0.2, -0.15) is 5.10 Å². The van der Waals surface area contributed by atoms with Crippen molar-refractivity contribution in [1.29, 1.82) is 0 Å². The summed E-state index contributed by atoms with van der Waals surface area (Å²) < 4.78 is 1.56. The summed E-state index contributed by atoms with van der Waals surface area (Å²) in [4.78, 5) is 26.4. The number of carbonyl (C=O) groups excluding carboxylic acids is 1. The van der Waals surface area contributed by atoms with Gasteiger partial charge in [0.05, 0.1) is 11.3 Å². The number of benzene rings is 3. The molecule has 31 heavy (non-hydrogen) atoms. The first-order chi connectivity index (χ1) is 15.0. The van der Waals surface area contributed by atoms with Gasteiger partial charge in [0.1, 0.15) is 11.5 Å². The van der Waals surface area contributed by atoms with Gasteiger partial charge in [-0.15, -0.1) is 0 Å². The topological polar surface area (TPSA) is 64.0 Å². The highest BCUT2D eigenvalue weighted by atomic mass is 35.5. The lowest BCUT2D eigenvalue weighted by Gasteiger charge is -2.19. The number of aryl methyl sites for hydroxylation is 2. The molecule has 5 nitrogen and oxygen atoms in total. The Morgan fingerprint density at radius 1 is 0.935 bits per heavy atom. The number of halogens is 1. The number of nitrogens with zero attached hydrogens (tertiary/aromatic N) is 2. The van der Waals surface area contributed by atoms with E-state index < -0.39 is 0 Å². The van der Waals surface area contributed by atoms with Crippen LogP contribution in [-0.2, 0) is 0 Å². The van der Waals surface area contributed by atoms with Crippen molar-refractivity contribution >= 4 is 23.3 Å². The third kappa shape index (κ3) is 4.13. The number of amides is 1. The number of hydrogen-bond acceptors (Lipinski definition) is 3. The predicted octanol–water partition coefficient (Wildman–Crippen LogP) is 5.42. The van der Waals surface area contributed by atoms with Crippen molar-refractivity contribution in [3.05, 3.63) is 111 Å². The monoisotopic (exact) mass is 429 g/mol. The van der Waals surface area contributed by atoms with Crippen molar-refractivity contribution in [2.75, 3.05) is 5.32 Å². The van der Waals surface area contributed by atoms with Gasteiger partial charge >= 0.3 is 0 Å². The Kier molecular flexibility index (Phi) is 5.69. The maximum Gasteiger partial charge on any atom is 0.257 e. The molecule has 1 heterocycles. The summed E-state index contributed by atoms with van der Waals surface area (Å²) >= 11 is 6.21. The summed E-state index contributed by atoms with van der Waals surface area (Å²) in [5.74, 6) is -0.0339. The first-order valence-electron chi connectivity index (χ1n) is 9.78. The van der Waals surface area contributed by atoms with Crippen molar-refractivity contribution in [3.8, 4) is 16.8 Å². The van der Waals surface area contributed by atoms with Crippen molar-refractivity contribution in [2.24, 2.45) is 0 Å². The van der Waals surface area contributed by atoms with Gasteiger partial charge < -0.3 is 5.32 Å². The lowest BCUT2D eigenvalue weighted by atomic mass is 10.0. The zero-order valence-electron chi connectivity index (χ0n) is 17.1. The highest BCUT2D eigenvalue weighted by molar-refractivity contribution is 6.30. The summed E-state index contributed by atoms with van der Waals surface area (Å²) in [6.45, 7) is 3.52. The van der Waals surface area contributed by atoms with Crippen molar-refractivity contribution in [1.82, 2.24) is 9.78 Å². The lowest BCUT2D eigenvalue weighted by Crippen LogP contribution is -2.25. The Morgan fingerprint density at radius 2 is 1.65 bits per heavy atom. The average Bonchev–Trinajstić information content (AvgIpc) is 2.77. The fourth-order valence-corrected chi connectivity index (χ4v) is 3.61. The molecular weight excluding hydrogens is 410 g/mol. The second-order valence-corrected chi connectivity index (χ2v) is 7.60. The molecule has 0 spiro atoms. The van der Waals surface area contributed by atoms with Crippen LogP contribution in [0.25, 0.3) is 16.8 Å². The van der Waals surface area contributed by atoms with E-state index in [1.165, 1.54) is 0 Å². The minimum absolute atomic E-state index is 0.246. The molecule has 0 radical (unpaired) electrons. The number of hydrogen-bond donors (Lipinski definition) is 1. The predicted molar refractivity (Wildman–Crippen MR) is 124 cm³/mol. The van der Waals surface area contributed by atoms with Crippen molar-refractivity contribution in [2.45, 2.75) is 13.8 Å². The molecule has 1 N–H and O–H groups in total. The molecule has 0 aliphatic rings. The molecule has 0 aliphatic heterocycles. The van der Waals surface area contributed by atoms with Gasteiger partial charge in [0, 0.05) is 10.6 Å². The molecule has 1 amide bonds. The second kappa shape index (κ2) is 8.58. The molecule has 154 valence electrons. The Labute approximate surface area is 184 Å². The van der Waals surface area contributed by atoms with E-state index in [1.807, 2.05) is 55.5 Å². The summed E-state index contributed by atoms with van der Waals surface area (Å²) in [5.41, 5.74) is 3.11. The molecule has 0 saturated heterocycles. The maximum atomic E-state index is 13.2. The van der Waals surface area contributed by atoms with Gasteiger partial charge in [0.2, 0.25) is 5.43 Å². The van der Waals surface area contributed by atoms with Crippen LogP contribution in [0, 0.1) is 13.8 Å². The standard InChI is InChI=1S/C25H20ClN3O2/c1-16-9-6-7-14-21(16)25(31)27-24-22(18-10-4-3-5-11-18)23(30)17(2)28-29(24)20-13-8-12-19(26)15-20/h3-15H,1-2H3,(H,27,31). The third-order valence-corrected chi connectivity index (χ3v) is 5.23. The minimum atomic E-state index is -0.323. The molecule has 0 atom stereocenters. The summed E-state index contributed by atoms with van der Waals surface area (Å²) in [5, 5.41) is 7.93. The smallest absolute Gasteiger partial charge is 0.257 e. The van der Waals surface area contributed by atoms with Gasteiger partial charge in [-0.05, 0) is 49.2 Å². The van der Waals surface area contributed by atoms with Crippen molar-refractivity contribution in [3.63, 3.8) is 0 Å². The van der Waals surface area contributed by atoms with Crippen LogP contribution < -0.4 is 10.7 Å². The lowest BCUT2D eigenvalue weighted by molar-refractivity contribution is 0.102. The zero-order valence-corrected chi connectivity index (χ0v) is 17.9. The maximum absolute atomic E-state index is 13.2. The van der Waals surface area contributed by atoms with Crippen molar-refractivity contribution < 1.29 is 4.79 Å². The molecule has 6 heteroatoms. The van der Waals surface area contributed by atoms with E-state index in [9.17, 15) is 9.59 Å². The molecule has 0 bridgehead atoms. The molecule has 1 aromatic heterocycles. The normalized spacial score (nSPS) is 10.7. The van der Waals surface area contributed by atoms with E-state index in [0.29, 0.717) is 33.1 Å². The Balaban J connectivity index is 1.98. The Hall–Kier alpha value is -3.70. The molecular formula is C25H20ClN3O2. The first-order valence-corrected chi connectivity index (χ1v) is 10.2. The summed E-state index contributed by atoms with van der Waals surface area (Å²) in [6.07, 6.45) is 0. The van der Waals surface area contributed by atoms with Crippen LogP contribution >= 0.6 is 11.6 Å². The van der Waals surface area contributed by atoms with Gasteiger partial charge in [0.25, 0.3) is 5.91 Å². The van der Waals surface area contributed by atoms with Crippen LogP contribution in [0.15, 0.2) is 83.7 Å². The molecule has 0 saturated carbocycles. The van der Waals surface area contributed by atoms with E-state index in [4.69, 9.17) is 11.6 Å². The third-order valence-electron chi connectivity index (χ3n) is 4.99. The van der Waals surface area contributed by atoms with E-state index in [-0.39, 0.29) is 17.2 Å². The van der Waals surface area contributed by atoms with Gasteiger partial charge in [-0.1, -0.05) is 66.2 Å². The molecule has 3 aromatic carbocycles. The van der Waals surface area contributed by atoms with E-state index in [1.54, 1.807) is 41.9 Å². The Morgan fingerprint density at radius 3 is 2.35 bits per heavy atom. The first kappa shape index (κ1) is 20.6. The molecule has 0 fully saturated rings. The SMILES string of the molecule is Cc1ccccc1C(=O)Nc1c(-c2ccccc2)c(=O)c(C)nn1-c1cccc(Cl)c1. The fourth-order valence-electron chi connectivity index (χ4n) is 3.43. The van der Waals surface area contributed by atoms with Crippen LogP contribution in [-0.4, -0.2) is 15.7 Å². The minimum Gasteiger partial charge on any atom is -0.306 e. The van der Waals surface area contributed by atoms with E-state index >= 15 is 0 Å². The van der Waals surface area contributed by atoms with Crippen LogP contribution in [0.3, 0.4) is 0 Å². The van der Waals surface area contributed by atoms with Gasteiger partial charge in [-0.25, -0.2) is 4.68 Å². The number of rotatable bonds is 4. The van der Waals surface area contributed by atoms with Crippen LogP contribution in [0.4, 0.5) is 5.82 Å². The fraction of sp³-hybridized carbons (Fsp3) is 0.0800. The molecule has 0 unspecified atom stereocenters. The van der Waals surface area contributed by atoms with Crippen LogP contribution in [0.5, 0.6) is 0 Å². The number of nitrogens with one attached hydrogen (secondary N) is 1. The van der Waals surface area contributed by atoms with Crippen LogP contribution in [0.1, 0.15) is 21.6 Å². The molecule has 0 aliphatic carbocycles. The quantitative estimate of drug-likeness (QED) is 0.471. The largest absolute Gasteiger partial charge is 0.306 e. The summed E-state index contributed by atoms with van der Waals surface area (Å²) in [6, 6.07) is 23.6. The highest BCUT2D eigenvalue weighted by Crippen LogP contribution is 2.28. The Bertz CT molecular complexity index is 1330. The molecule has 4 aromatic rings.